The van der Waals surface area contributed by atoms with Crippen LogP contribution in [0.2, 0.25) is 0 Å². The maximum Gasteiger partial charge on any atom is 0.319 e. The third-order valence-corrected chi connectivity index (χ3v) is 3.19. The molecule has 1 saturated heterocycles. The fourth-order valence-electron chi connectivity index (χ4n) is 1.93. The van der Waals surface area contributed by atoms with E-state index in [4.69, 9.17) is 0 Å². The molecule has 1 fully saturated rings. The van der Waals surface area contributed by atoms with Gasteiger partial charge in [0.15, 0.2) is 0 Å². The molecule has 0 aromatic carbocycles. The molecule has 2 heterocycles. The molecule has 2 rings (SSSR count). The molecule has 98 valence electrons. The number of amides is 2. The van der Waals surface area contributed by atoms with Crippen LogP contribution in [-0.2, 0) is 0 Å². The van der Waals surface area contributed by atoms with E-state index in [0.717, 1.165) is 38.7 Å². The second-order valence-electron chi connectivity index (χ2n) is 4.32. The van der Waals surface area contributed by atoms with Crippen LogP contribution in [0.15, 0.2) is 18.5 Å². The van der Waals surface area contributed by atoms with Gasteiger partial charge in [0, 0.05) is 52.2 Å². The first-order valence-corrected chi connectivity index (χ1v) is 6.24. The summed E-state index contributed by atoms with van der Waals surface area (Å²) in [4.78, 5) is 26.1. The third-order valence-electron chi connectivity index (χ3n) is 3.19. The summed E-state index contributed by atoms with van der Waals surface area (Å²) in [5, 5.41) is 0. The van der Waals surface area contributed by atoms with E-state index in [2.05, 4.69) is 14.9 Å². The molecule has 0 N–H and O–H groups in total. The van der Waals surface area contributed by atoms with Crippen molar-refractivity contribution in [3.05, 3.63) is 18.5 Å². The quantitative estimate of drug-likeness (QED) is 0.773. The Balaban J connectivity index is 1.90. The smallest absolute Gasteiger partial charge is 0.319 e. The fraction of sp³-hybridized carbons (Fsp3) is 0.583. The van der Waals surface area contributed by atoms with Crippen LogP contribution in [0.3, 0.4) is 0 Å². The highest BCUT2D eigenvalue weighted by molar-refractivity contribution is 5.74. The molecule has 1 aliphatic rings. The molecule has 0 bridgehead atoms. The van der Waals surface area contributed by atoms with Crippen LogP contribution >= 0.6 is 0 Å². The van der Waals surface area contributed by atoms with E-state index in [-0.39, 0.29) is 6.03 Å². The number of carbonyl (C=O) groups excluding carboxylic acids is 1. The fourth-order valence-corrected chi connectivity index (χ4v) is 1.93. The van der Waals surface area contributed by atoms with E-state index in [0.29, 0.717) is 0 Å². The Hall–Kier alpha value is -1.85. The average molecular weight is 249 g/mol. The Kier molecular flexibility index (Phi) is 3.96. The highest BCUT2D eigenvalue weighted by atomic mass is 16.2. The normalized spacial score (nSPS) is 15.7. The van der Waals surface area contributed by atoms with Crippen molar-refractivity contribution in [2.75, 3.05) is 44.7 Å². The van der Waals surface area contributed by atoms with Gasteiger partial charge in [-0.1, -0.05) is 0 Å². The van der Waals surface area contributed by atoms with Gasteiger partial charge in [-0.2, -0.15) is 0 Å². The molecular formula is C12H19N5O. The summed E-state index contributed by atoms with van der Waals surface area (Å²) in [6.45, 7) is 5.73. The topological polar surface area (TPSA) is 52.6 Å². The maximum absolute atomic E-state index is 12.0. The Bertz CT molecular complexity index is 389. The van der Waals surface area contributed by atoms with Crippen molar-refractivity contribution in [1.82, 2.24) is 19.8 Å². The molecule has 0 radical (unpaired) electrons. The number of carbonyl (C=O) groups is 1. The number of hydrogen-bond acceptors (Lipinski definition) is 4. The summed E-state index contributed by atoms with van der Waals surface area (Å²) in [7, 11) is 1.83. The van der Waals surface area contributed by atoms with Gasteiger partial charge in [0.2, 0.25) is 5.95 Å². The zero-order valence-corrected chi connectivity index (χ0v) is 10.9. The second kappa shape index (κ2) is 5.66. The van der Waals surface area contributed by atoms with Gasteiger partial charge >= 0.3 is 6.03 Å². The molecular weight excluding hydrogens is 230 g/mol. The van der Waals surface area contributed by atoms with E-state index in [1.54, 1.807) is 23.4 Å². The van der Waals surface area contributed by atoms with Crippen LogP contribution in [0.1, 0.15) is 6.92 Å². The second-order valence-corrected chi connectivity index (χ2v) is 4.32. The predicted molar refractivity (Wildman–Crippen MR) is 69.5 cm³/mol. The molecule has 6 heteroatoms. The van der Waals surface area contributed by atoms with Crippen molar-refractivity contribution in [3.8, 4) is 0 Å². The molecule has 2 amide bonds. The molecule has 0 aliphatic carbocycles. The summed E-state index contributed by atoms with van der Waals surface area (Å²) in [6.07, 6.45) is 3.48. The monoisotopic (exact) mass is 249 g/mol. The molecule has 0 atom stereocenters. The Morgan fingerprint density at radius 3 is 2.44 bits per heavy atom. The average Bonchev–Trinajstić information content (AvgIpc) is 2.47. The van der Waals surface area contributed by atoms with Gasteiger partial charge < -0.3 is 14.7 Å². The highest BCUT2D eigenvalue weighted by Crippen LogP contribution is 2.10. The number of rotatable bonds is 2. The Morgan fingerprint density at radius 2 is 1.89 bits per heavy atom. The van der Waals surface area contributed by atoms with E-state index >= 15 is 0 Å². The van der Waals surface area contributed by atoms with Gasteiger partial charge in [0.1, 0.15) is 0 Å². The lowest BCUT2D eigenvalue weighted by atomic mass is 10.3. The minimum atomic E-state index is 0.103. The van der Waals surface area contributed by atoms with Gasteiger partial charge in [-0.15, -0.1) is 0 Å². The van der Waals surface area contributed by atoms with Gasteiger partial charge in [-0.25, -0.2) is 14.8 Å². The molecule has 1 aromatic rings. The summed E-state index contributed by atoms with van der Waals surface area (Å²) in [5.74, 6) is 0.744. The Morgan fingerprint density at radius 1 is 1.28 bits per heavy atom. The maximum atomic E-state index is 12.0. The van der Waals surface area contributed by atoms with Crippen molar-refractivity contribution in [2.24, 2.45) is 0 Å². The van der Waals surface area contributed by atoms with Crippen LogP contribution in [0.5, 0.6) is 0 Å². The van der Waals surface area contributed by atoms with Gasteiger partial charge in [0.25, 0.3) is 0 Å². The summed E-state index contributed by atoms with van der Waals surface area (Å²) in [6, 6.07) is 1.91. The summed E-state index contributed by atoms with van der Waals surface area (Å²) >= 11 is 0. The standard InChI is InChI=1S/C12H19N5O/c1-3-15(2)12(18)17-9-7-16(8-10-17)11-13-5-4-6-14-11/h4-6H,3,7-10H2,1-2H3. The first-order valence-electron chi connectivity index (χ1n) is 6.24. The number of piperazine rings is 1. The lowest BCUT2D eigenvalue weighted by Gasteiger charge is -2.36. The summed E-state index contributed by atoms with van der Waals surface area (Å²) in [5.41, 5.74) is 0. The van der Waals surface area contributed by atoms with Crippen molar-refractivity contribution >= 4 is 12.0 Å². The van der Waals surface area contributed by atoms with E-state index in [9.17, 15) is 4.79 Å². The molecule has 18 heavy (non-hydrogen) atoms. The number of hydrogen-bond donors (Lipinski definition) is 0. The van der Waals surface area contributed by atoms with Crippen LogP contribution in [0, 0.1) is 0 Å². The minimum Gasteiger partial charge on any atom is -0.337 e. The van der Waals surface area contributed by atoms with Crippen molar-refractivity contribution in [3.63, 3.8) is 0 Å². The third kappa shape index (κ3) is 2.69. The lowest BCUT2D eigenvalue weighted by molar-refractivity contribution is 0.161. The van der Waals surface area contributed by atoms with Crippen molar-refractivity contribution in [2.45, 2.75) is 6.92 Å². The number of anilines is 1. The highest BCUT2D eigenvalue weighted by Gasteiger charge is 2.23. The summed E-state index contributed by atoms with van der Waals surface area (Å²) < 4.78 is 0. The van der Waals surface area contributed by atoms with Crippen LogP contribution in [0.4, 0.5) is 10.7 Å². The molecule has 1 aliphatic heterocycles. The molecule has 1 aromatic heterocycles. The molecule has 6 nitrogen and oxygen atoms in total. The van der Waals surface area contributed by atoms with Gasteiger partial charge in [-0.3, -0.25) is 0 Å². The molecule has 0 spiro atoms. The largest absolute Gasteiger partial charge is 0.337 e. The SMILES string of the molecule is CCN(C)C(=O)N1CCN(c2ncccn2)CC1. The van der Waals surface area contributed by atoms with Crippen LogP contribution in [-0.4, -0.2) is 65.6 Å². The van der Waals surface area contributed by atoms with Crippen LogP contribution in [0.25, 0.3) is 0 Å². The first kappa shape index (κ1) is 12.6. The zero-order chi connectivity index (χ0) is 13.0. The van der Waals surface area contributed by atoms with Gasteiger partial charge in [0.05, 0.1) is 0 Å². The van der Waals surface area contributed by atoms with Crippen LogP contribution < -0.4 is 4.90 Å². The number of nitrogens with zero attached hydrogens (tertiary/aromatic N) is 5. The van der Waals surface area contributed by atoms with Gasteiger partial charge in [-0.05, 0) is 13.0 Å². The zero-order valence-electron chi connectivity index (χ0n) is 10.9. The first-order chi connectivity index (χ1) is 8.72. The van der Waals surface area contributed by atoms with E-state index in [1.165, 1.54) is 0 Å². The lowest BCUT2D eigenvalue weighted by Crippen LogP contribution is -2.52. The van der Waals surface area contributed by atoms with Crippen molar-refractivity contribution in [1.29, 1.82) is 0 Å². The minimum absolute atomic E-state index is 0.103. The predicted octanol–water partition coefficient (Wildman–Crippen LogP) is 0.670. The Labute approximate surface area is 107 Å². The number of urea groups is 1. The molecule has 0 unspecified atom stereocenters. The number of aromatic nitrogens is 2. The van der Waals surface area contributed by atoms with E-state index < -0.39 is 0 Å². The van der Waals surface area contributed by atoms with E-state index in [1.807, 2.05) is 18.9 Å². The molecule has 0 saturated carbocycles. The van der Waals surface area contributed by atoms with Crippen molar-refractivity contribution < 1.29 is 4.79 Å².